The minimum absolute atomic E-state index is 0.421. The lowest BCUT2D eigenvalue weighted by molar-refractivity contribution is 0.866. The first-order valence-electron chi connectivity index (χ1n) is 35.5. The first-order valence-corrected chi connectivity index (χ1v) is 37.1. The lowest BCUT2D eigenvalue weighted by Gasteiger charge is -2.27. The lowest BCUT2D eigenvalue weighted by atomic mass is 9.98. The van der Waals surface area contributed by atoms with E-state index < -0.39 is 0 Å². The molecule has 0 atom stereocenters. The Morgan fingerprint density at radius 3 is 0.696 bits per heavy atom. The molecule has 18 rings (SSSR count). The Morgan fingerprint density at radius 2 is 0.441 bits per heavy atom. The number of thiophene rings is 2. The maximum atomic E-state index is 2.41. The van der Waals surface area contributed by atoms with Crippen molar-refractivity contribution in [1.29, 1.82) is 0 Å². The largest absolute Gasteiger partial charge is 0.310 e. The zero-order valence-corrected chi connectivity index (χ0v) is 59.6. The Morgan fingerprint density at radius 1 is 0.216 bits per heavy atom. The van der Waals surface area contributed by atoms with Crippen molar-refractivity contribution in [1.82, 2.24) is 0 Å². The van der Waals surface area contributed by atoms with Gasteiger partial charge in [-0.05, 0) is 261 Å². The van der Waals surface area contributed by atoms with E-state index in [0.29, 0.717) is 11.8 Å². The molecule has 18 aromatic rings. The van der Waals surface area contributed by atoms with Crippen LogP contribution in [0, 0.1) is 13.8 Å². The second-order valence-corrected chi connectivity index (χ2v) is 30.0. The van der Waals surface area contributed by atoms with Gasteiger partial charge >= 0.3 is 0 Å². The van der Waals surface area contributed by atoms with E-state index in [4.69, 9.17) is 0 Å². The van der Waals surface area contributed by atoms with Crippen LogP contribution in [-0.2, 0) is 0 Å². The molecule has 0 aliphatic heterocycles. The Bertz CT molecular complexity index is 6180. The van der Waals surface area contributed by atoms with Gasteiger partial charge in [0.2, 0.25) is 0 Å². The van der Waals surface area contributed by atoms with E-state index in [9.17, 15) is 0 Å². The Labute approximate surface area is 604 Å². The van der Waals surface area contributed by atoms with Crippen LogP contribution >= 0.6 is 22.7 Å². The molecule has 490 valence electrons. The van der Waals surface area contributed by atoms with Gasteiger partial charge in [-0.2, -0.15) is 0 Å². The summed E-state index contributed by atoms with van der Waals surface area (Å²) < 4.78 is 5.18. The second kappa shape index (κ2) is 25.7. The summed E-state index contributed by atoms with van der Waals surface area (Å²) >= 11 is 3.76. The van der Waals surface area contributed by atoms with Crippen molar-refractivity contribution < 1.29 is 0 Å². The van der Waals surface area contributed by atoms with E-state index in [1.165, 1.54) is 106 Å². The number of anilines is 12. The van der Waals surface area contributed by atoms with Crippen LogP contribution in [0.5, 0.6) is 0 Å². The molecule has 2 aromatic heterocycles. The summed E-state index contributed by atoms with van der Waals surface area (Å²) in [5.74, 6) is 0.885. The Hall–Kier alpha value is -11.8. The Kier molecular flexibility index (Phi) is 15.8. The number of fused-ring (bicyclic) bond motifs is 14. The highest BCUT2D eigenvalue weighted by molar-refractivity contribution is 7.26. The fourth-order valence-electron chi connectivity index (χ4n) is 15.3. The van der Waals surface area contributed by atoms with E-state index in [-0.39, 0.29) is 0 Å². The van der Waals surface area contributed by atoms with Crippen LogP contribution in [0.25, 0.3) is 94.6 Å². The van der Waals surface area contributed by atoms with Crippen molar-refractivity contribution in [3.8, 4) is 11.1 Å². The fraction of sp³-hybridized carbons (Fsp3) is 0.0833. The number of para-hydroxylation sites is 2. The van der Waals surface area contributed by atoms with Crippen molar-refractivity contribution >= 4 is 174 Å². The minimum atomic E-state index is 0.421. The molecule has 2 heterocycles. The van der Waals surface area contributed by atoms with E-state index >= 15 is 0 Å². The average Bonchev–Trinajstić information content (AvgIpc) is 1.54. The highest BCUT2D eigenvalue weighted by Crippen LogP contribution is 2.49. The predicted molar refractivity (Wildman–Crippen MR) is 444 cm³/mol. The van der Waals surface area contributed by atoms with Crippen LogP contribution in [0.15, 0.2) is 328 Å². The Balaban J connectivity index is 0.669. The third-order valence-corrected chi connectivity index (χ3v) is 22.9. The van der Waals surface area contributed by atoms with Gasteiger partial charge in [0, 0.05) is 109 Å². The van der Waals surface area contributed by atoms with Crippen molar-refractivity contribution in [3.63, 3.8) is 0 Å². The lowest BCUT2D eigenvalue weighted by Crippen LogP contribution is -2.10. The zero-order valence-electron chi connectivity index (χ0n) is 57.9. The molecule has 0 spiro atoms. The molecule has 0 saturated heterocycles. The van der Waals surface area contributed by atoms with E-state index in [1.807, 2.05) is 22.7 Å². The molecule has 0 N–H and O–H groups in total. The number of hydrogen-bond acceptors (Lipinski definition) is 6. The number of aryl methyl sites for hydroxylation is 2. The average molecular weight is 1350 g/mol. The smallest absolute Gasteiger partial charge is 0.0468 e. The molecule has 4 nitrogen and oxygen atoms in total. The molecular formula is C96H74N4S2. The van der Waals surface area contributed by atoms with Crippen molar-refractivity contribution in [2.45, 2.75) is 53.4 Å². The van der Waals surface area contributed by atoms with Crippen LogP contribution in [0.2, 0.25) is 0 Å². The third-order valence-electron chi connectivity index (χ3n) is 20.7. The van der Waals surface area contributed by atoms with Crippen molar-refractivity contribution in [3.05, 3.63) is 350 Å². The first kappa shape index (κ1) is 62.5. The van der Waals surface area contributed by atoms with Crippen LogP contribution < -0.4 is 19.6 Å². The molecule has 0 saturated carbocycles. The predicted octanol–water partition coefficient (Wildman–Crippen LogP) is 29.4. The van der Waals surface area contributed by atoms with Gasteiger partial charge in [0.15, 0.2) is 0 Å². The summed E-state index contributed by atoms with van der Waals surface area (Å²) in [6.07, 6.45) is 0. The molecule has 0 fully saturated rings. The van der Waals surface area contributed by atoms with E-state index in [1.54, 1.807) is 0 Å². The summed E-state index contributed by atoms with van der Waals surface area (Å²) in [6, 6.07) is 122. The van der Waals surface area contributed by atoms with Crippen LogP contribution in [0.4, 0.5) is 68.2 Å². The molecule has 102 heavy (non-hydrogen) atoms. The van der Waals surface area contributed by atoms with Crippen molar-refractivity contribution in [2.75, 3.05) is 19.6 Å². The van der Waals surface area contributed by atoms with Gasteiger partial charge in [-0.1, -0.05) is 197 Å². The molecule has 0 amide bonds. The standard InChI is InChI=1S/C96H74N4S2/c1-61(2)65-21-37-77(38-22-65)98(74-15-11-8-12-16-74)82-46-50-86-70(58-82)30-54-90-94(86)96-88-52-48-84(60-72(88)32-56-92(96)102-90)100(78-39-23-66(24-40-78)62(3)4)80-43-27-68(28-44-80)67-25-41-79(42-26-67)99(76-35-19-64(6)20-36-76)83-47-51-87-71(59-83)31-55-91-95(87)93-85-49-45-81(57-69(85)29-53-89(93)101-91)97(73-13-9-7-10-14-73)75-33-17-63(5)18-34-75/h7-62H,1-6H3. The molecule has 16 aromatic carbocycles. The van der Waals surface area contributed by atoms with Gasteiger partial charge in [-0.25, -0.2) is 0 Å². The molecule has 6 heteroatoms. The van der Waals surface area contributed by atoms with Gasteiger partial charge in [0.1, 0.15) is 0 Å². The topological polar surface area (TPSA) is 13.0 Å². The second-order valence-electron chi connectivity index (χ2n) is 27.9. The molecule has 0 aliphatic carbocycles. The summed E-state index contributed by atoms with van der Waals surface area (Å²) in [5.41, 5.74) is 20.9. The van der Waals surface area contributed by atoms with Crippen molar-refractivity contribution in [2.24, 2.45) is 0 Å². The van der Waals surface area contributed by atoms with Crippen LogP contribution in [0.1, 0.15) is 61.8 Å². The first-order chi connectivity index (χ1) is 50.0. The number of nitrogens with zero attached hydrogens (tertiary/aromatic N) is 4. The minimum Gasteiger partial charge on any atom is -0.310 e. The fourth-order valence-corrected chi connectivity index (χ4v) is 17.6. The number of benzene rings is 16. The van der Waals surface area contributed by atoms with Gasteiger partial charge in [0.05, 0.1) is 0 Å². The molecule has 0 aliphatic rings. The highest BCUT2D eigenvalue weighted by Gasteiger charge is 2.23. The summed E-state index contributed by atoms with van der Waals surface area (Å²) in [5, 5.41) is 15.1. The normalized spacial score (nSPS) is 11.8. The molecule has 0 radical (unpaired) electrons. The van der Waals surface area contributed by atoms with E-state index in [0.717, 1.165) is 79.4 Å². The quantitative estimate of drug-likeness (QED) is 0.101. The highest BCUT2D eigenvalue weighted by atomic mass is 32.1. The van der Waals surface area contributed by atoms with Gasteiger partial charge in [-0.3, -0.25) is 0 Å². The molecular weight excluding hydrogens is 1270 g/mol. The van der Waals surface area contributed by atoms with Gasteiger partial charge in [-0.15, -0.1) is 22.7 Å². The monoisotopic (exact) mass is 1350 g/mol. The SMILES string of the molecule is Cc1ccc(N(c2ccccc2)c2ccc3c(ccc4sc5ccc6cc(N(c7ccc(C)cc7)c7ccc(-c8ccc(N(c9ccc(C(C)C)cc9)c9ccc%10c(ccc%11sc%12ccc%13cc(N(c%14ccccc%14)c%14ccc(C(C)C)cc%14)ccc%13c%12c%11%10)c9)cc8)cc7)ccc6c5c43)c2)cc1. The third kappa shape index (κ3) is 11.2. The summed E-state index contributed by atoms with van der Waals surface area (Å²) in [7, 11) is 0. The maximum absolute atomic E-state index is 2.41. The molecule has 0 bridgehead atoms. The number of rotatable bonds is 15. The summed E-state index contributed by atoms with van der Waals surface area (Å²) in [6.45, 7) is 13.3. The van der Waals surface area contributed by atoms with Crippen LogP contribution in [-0.4, -0.2) is 0 Å². The zero-order chi connectivity index (χ0) is 68.7. The summed E-state index contributed by atoms with van der Waals surface area (Å²) in [4.78, 5) is 9.55. The van der Waals surface area contributed by atoms with E-state index in [2.05, 4.69) is 389 Å². The van der Waals surface area contributed by atoms with Gasteiger partial charge < -0.3 is 19.6 Å². The maximum Gasteiger partial charge on any atom is 0.0468 e. The van der Waals surface area contributed by atoms with Gasteiger partial charge in [0.25, 0.3) is 0 Å². The number of hydrogen-bond donors (Lipinski definition) is 0. The molecule has 0 unspecified atom stereocenters. The van der Waals surface area contributed by atoms with Crippen LogP contribution in [0.3, 0.4) is 0 Å².